The van der Waals surface area contributed by atoms with Crippen molar-refractivity contribution in [2.24, 2.45) is 0 Å². The fourth-order valence-corrected chi connectivity index (χ4v) is 1.94. The predicted molar refractivity (Wildman–Crippen MR) is 76.6 cm³/mol. The van der Waals surface area contributed by atoms with E-state index in [1.165, 1.54) is 18.2 Å². The Balaban J connectivity index is 2.41. The molecule has 2 rings (SSSR count). The predicted octanol–water partition coefficient (Wildman–Crippen LogP) is 4.61. The number of aromatic nitrogens is 2. The van der Waals surface area contributed by atoms with Gasteiger partial charge < -0.3 is 4.74 Å². The molecule has 1 heterocycles. The lowest BCUT2D eigenvalue weighted by Gasteiger charge is -2.10. The van der Waals surface area contributed by atoms with Crippen molar-refractivity contribution in [3.05, 3.63) is 38.7 Å². The molecule has 0 atom stereocenters. The van der Waals surface area contributed by atoms with Crippen LogP contribution in [0.25, 0.3) is 11.4 Å². The Labute approximate surface area is 131 Å². The number of hydrogen-bond acceptors (Lipinski definition) is 3. The molecule has 0 saturated carbocycles. The molecule has 0 aliphatic carbocycles. The number of alkyl halides is 3. The van der Waals surface area contributed by atoms with Crippen molar-refractivity contribution in [3.8, 4) is 17.1 Å². The molecule has 0 radical (unpaired) electrons. The molecule has 1 aromatic heterocycles. The van der Waals surface area contributed by atoms with E-state index in [1.807, 2.05) is 22.6 Å². The highest BCUT2D eigenvalue weighted by atomic mass is 127. The minimum absolute atomic E-state index is 0.251. The molecule has 0 amide bonds. The average molecular weight is 415 g/mol. The van der Waals surface area contributed by atoms with E-state index in [-0.39, 0.29) is 16.7 Å². The third-order valence-electron chi connectivity index (χ3n) is 2.30. The third kappa shape index (κ3) is 3.72. The average Bonchev–Trinajstić information content (AvgIpc) is 2.33. The summed E-state index contributed by atoms with van der Waals surface area (Å²) in [5, 5.41) is 0.259. The maximum Gasteiger partial charge on any atom is 0.573 e. The van der Waals surface area contributed by atoms with Crippen LogP contribution in [0.5, 0.6) is 5.75 Å². The molecule has 8 heteroatoms. The Bertz CT molecular complexity index is 626. The maximum absolute atomic E-state index is 12.2. The van der Waals surface area contributed by atoms with Crippen LogP contribution in [0.1, 0.15) is 5.69 Å². The first-order valence-electron chi connectivity index (χ1n) is 5.32. The lowest BCUT2D eigenvalue weighted by molar-refractivity contribution is -0.274. The van der Waals surface area contributed by atoms with Crippen LogP contribution in [0, 0.1) is 10.5 Å². The van der Waals surface area contributed by atoms with Gasteiger partial charge in [0.25, 0.3) is 0 Å². The second kappa shape index (κ2) is 5.72. The normalized spacial score (nSPS) is 11.5. The van der Waals surface area contributed by atoms with Crippen LogP contribution in [0.2, 0.25) is 5.15 Å². The first kappa shape index (κ1) is 15.3. The van der Waals surface area contributed by atoms with Crippen LogP contribution < -0.4 is 4.74 Å². The van der Waals surface area contributed by atoms with E-state index in [9.17, 15) is 13.2 Å². The molecule has 0 fully saturated rings. The van der Waals surface area contributed by atoms with Crippen LogP contribution in [-0.4, -0.2) is 16.3 Å². The zero-order chi connectivity index (χ0) is 14.9. The molecule has 20 heavy (non-hydrogen) atoms. The van der Waals surface area contributed by atoms with E-state index >= 15 is 0 Å². The third-order valence-corrected chi connectivity index (χ3v) is 4.19. The SMILES string of the molecule is Cc1nc(-c2cccc(OC(F)(F)F)c2)nc(Cl)c1I. The van der Waals surface area contributed by atoms with Crippen LogP contribution >= 0.6 is 34.2 Å². The first-order valence-corrected chi connectivity index (χ1v) is 6.78. The van der Waals surface area contributed by atoms with Gasteiger partial charge in [-0.15, -0.1) is 13.2 Å². The maximum atomic E-state index is 12.2. The van der Waals surface area contributed by atoms with E-state index < -0.39 is 6.36 Å². The number of nitrogens with zero attached hydrogens (tertiary/aromatic N) is 2. The van der Waals surface area contributed by atoms with Crippen molar-refractivity contribution in [2.75, 3.05) is 0 Å². The molecule has 1 aromatic carbocycles. The van der Waals surface area contributed by atoms with Gasteiger partial charge in [-0.25, -0.2) is 9.97 Å². The molecule has 0 saturated heterocycles. The summed E-state index contributed by atoms with van der Waals surface area (Å²) in [5.41, 5.74) is 1.05. The van der Waals surface area contributed by atoms with Crippen molar-refractivity contribution in [2.45, 2.75) is 13.3 Å². The van der Waals surface area contributed by atoms with E-state index in [4.69, 9.17) is 11.6 Å². The minimum atomic E-state index is -4.74. The smallest absolute Gasteiger partial charge is 0.406 e. The molecule has 0 spiro atoms. The summed E-state index contributed by atoms with van der Waals surface area (Å²) in [6.45, 7) is 1.74. The van der Waals surface area contributed by atoms with Crippen LogP contribution in [0.4, 0.5) is 13.2 Å². The summed E-state index contributed by atoms with van der Waals surface area (Å²) in [6, 6.07) is 5.44. The van der Waals surface area contributed by atoms with E-state index in [0.29, 0.717) is 14.8 Å². The lowest BCUT2D eigenvalue weighted by Crippen LogP contribution is -2.17. The molecular weight excluding hydrogens is 407 g/mol. The van der Waals surface area contributed by atoms with Gasteiger partial charge in [-0.3, -0.25) is 0 Å². The Kier molecular flexibility index (Phi) is 4.38. The summed E-state index contributed by atoms with van der Waals surface area (Å²) in [7, 11) is 0. The fraction of sp³-hybridized carbons (Fsp3) is 0.167. The molecule has 106 valence electrons. The highest BCUT2D eigenvalue weighted by Crippen LogP contribution is 2.28. The largest absolute Gasteiger partial charge is 0.573 e. The lowest BCUT2D eigenvalue weighted by atomic mass is 10.2. The molecule has 0 bridgehead atoms. The van der Waals surface area contributed by atoms with Gasteiger partial charge >= 0.3 is 6.36 Å². The second-order valence-electron chi connectivity index (χ2n) is 3.81. The number of ether oxygens (including phenoxy) is 1. The topological polar surface area (TPSA) is 35.0 Å². The molecule has 0 N–H and O–H groups in total. The van der Waals surface area contributed by atoms with Gasteiger partial charge in [-0.1, -0.05) is 23.7 Å². The highest BCUT2D eigenvalue weighted by Gasteiger charge is 2.31. The van der Waals surface area contributed by atoms with Crippen molar-refractivity contribution < 1.29 is 17.9 Å². The second-order valence-corrected chi connectivity index (χ2v) is 5.25. The summed E-state index contributed by atoms with van der Waals surface area (Å²) >= 11 is 7.94. The number of benzene rings is 1. The first-order chi connectivity index (χ1) is 9.26. The zero-order valence-electron chi connectivity index (χ0n) is 10.0. The van der Waals surface area contributed by atoms with Gasteiger partial charge in [0.15, 0.2) is 5.82 Å². The fourth-order valence-electron chi connectivity index (χ4n) is 1.49. The molecule has 0 unspecified atom stereocenters. The quantitative estimate of drug-likeness (QED) is 0.532. The van der Waals surface area contributed by atoms with Crippen LogP contribution in [0.3, 0.4) is 0 Å². The van der Waals surface area contributed by atoms with Gasteiger partial charge in [0.05, 0.1) is 9.26 Å². The molecule has 0 aliphatic heterocycles. The summed E-state index contributed by atoms with van der Waals surface area (Å²) in [4.78, 5) is 8.25. The van der Waals surface area contributed by atoms with E-state index in [1.54, 1.807) is 13.0 Å². The number of hydrogen-bond donors (Lipinski definition) is 0. The Morgan fingerprint density at radius 1 is 1.25 bits per heavy atom. The van der Waals surface area contributed by atoms with Crippen molar-refractivity contribution in [1.82, 2.24) is 9.97 Å². The number of aryl methyl sites for hydroxylation is 1. The zero-order valence-corrected chi connectivity index (χ0v) is 12.9. The summed E-state index contributed by atoms with van der Waals surface area (Å²) in [5.74, 6) is -0.0773. The van der Waals surface area contributed by atoms with Crippen molar-refractivity contribution >= 4 is 34.2 Å². The van der Waals surface area contributed by atoms with Crippen LogP contribution in [-0.2, 0) is 0 Å². The molecule has 0 aliphatic rings. The van der Waals surface area contributed by atoms with Gasteiger partial charge in [-0.05, 0) is 41.6 Å². The Morgan fingerprint density at radius 2 is 1.95 bits per heavy atom. The Hall–Kier alpha value is -1.09. The Morgan fingerprint density at radius 3 is 2.55 bits per heavy atom. The summed E-state index contributed by atoms with van der Waals surface area (Å²) < 4.78 is 41.1. The van der Waals surface area contributed by atoms with E-state index in [0.717, 1.165) is 0 Å². The van der Waals surface area contributed by atoms with Crippen molar-refractivity contribution in [1.29, 1.82) is 0 Å². The van der Waals surface area contributed by atoms with Gasteiger partial charge in [0.2, 0.25) is 0 Å². The van der Waals surface area contributed by atoms with E-state index in [2.05, 4.69) is 14.7 Å². The molecular formula is C12H7ClF3IN2O. The highest BCUT2D eigenvalue weighted by molar-refractivity contribution is 14.1. The van der Waals surface area contributed by atoms with Gasteiger partial charge in [0, 0.05) is 5.56 Å². The summed E-state index contributed by atoms with van der Waals surface area (Å²) in [6.07, 6.45) is -4.74. The number of halogens is 5. The standard InChI is InChI=1S/C12H7ClF3IN2O/c1-6-9(17)10(13)19-11(18-6)7-3-2-4-8(5-7)20-12(14,15)16/h2-5H,1H3. The van der Waals surface area contributed by atoms with Gasteiger partial charge in [-0.2, -0.15) is 0 Å². The van der Waals surface area contributed by atoms with Crippen LogP contribution in [0.15, 0.2) is 24.3 Å². The molecule has 3 nitrogen and oxygen atoms in total. The number of rotatable bonds is 2. The van der Waals surface area contributed by atoms with Gasteiger partial charge in [0.1, 0.15) is 10.9 Å². The molecule has 2 aromatic rings. The monoisotopic (exact) mass is 414 g/mol. The van der Waals surface area contributed by atoms with Crippen molar-refractivity contribution in [3.63, 3.8) is 0 Å². The minimum Gasteiger partial charge on any atom is -0.406 e.